The van der Waals surface area contributed by atoms with E-state index in [1.54, 1.807) is 83.8 Å². The standard InChI is InChI=1S/C44H38F9N5O2/c1-25-19-33-35(8-6-18-57(38(33)26(2)37(25)44(51,52)53)23-27-9-11-29(12-10-27)40(59)60-4)58(24-28-20-30(42(45,46)47)22-31(21-28)43(48,49)50)36-13-15-41(3,56-36)39-32(14-17-55-39)34-7-5-16-54-34/h5,7,9-17,19-22,35H,6,8,18,23-24H2,1-4H3/t35-,41?/m0/s1. The van der Waals surface area contributed by atoms with E-state index in [2.05, 4.69) is 9.98 Å². The molecule has 0 saturated heterocycles. The van der Waals surface area contributed by atoms with Gasteiger partial charge in [-0.2, -0.15) is 39.5 Å². The van der Waals surface area contributed by atoms with Gasteiger partial charge in [0.2, 0.25) is 0 Å². The minimum atomic E-state index is -5.12. The average molecular weight is 840 g/mol. The number of hydrogen-bond donors (Lipinski definition) is 0. The zero-order valence-corrected chi connectivity index (χ0v) is 32.7. The van der Waals surface area contributed by atoms with Crippen LogP contribution in [-0.4, -0.2) is 47.8 Å². The van der Waals surface area contributed by atoms with Gasteiger partial charge in [-0.05, 0) is 122 Å². The van der Waals surface area contributed by atoms with Crippen molar-refractivity contribution in [3.8, 4) is 0 Å². The number of fused-ring (bicyclic) bond motifs is 1. The summed E-state index contributed by atoms with van der Waals surface area (Å²) in [6.07, 6.45) is -2.59. The van der Waals surface area contributed by atoms with Crippen LogP contribution in [0, 0.1) is 13.8 Å². The summed E-state index contributed by atoms with van der Waals surface area (Å²) < 4.78 is 134. The Morgan fingerprint density at radius 3 is 2.18 bits per heavy atom. The summed E-state index contributed by atoms with van der Waals surface area (Å²) in [5.41, 5.74) is -2.21. The Balaban J connectivity index is 1.40. The molecule has 3 aromatic rings. The SMILES string of the molecule is COC(=O)c1ccc(CN2CCC[C@H](N(Cc3cc(C(F)(F)F)cc(C(F)(F)F)c3)C3=NC(C)(C4=NC=CC4=C4C=CC=N4)C=C3)c3cc(C)c(C(F)(F)F)c(C)c32)cc1. The van der Waals surface area contributed by atoms with Crippen LogP contribution in [0.3, 0.4) is 0 Å². The van der Waals surface area contributed by atoms with Gasteiger partial charge in [0.25, 0.3) is 0 Å². The number of amidine groups is 1. The average Bonchev–Trinajstić information content (AvgIpc) is 3.94. The van der Waals surface area contributed by atoms with E-state index in [0.717, 1.165) is 0 Å². The first-order valence-electron chi connectivity index (χ1n) is 18.9. The zero-order chi connectivity index (χ0) is 43.4. The predicted octanol–water partition coefficient (Wildman–Crippen LogP) is 11.1. The summed E-state index contributed by atoms with van der Waals surface area (Å²) >= 11 is 0. The fraction of sp³-hybridized carbons (Fsp3) is 0.318. The summed E-state index contributed by atoms with van der Waals surface area (Å²) in [6.45, 7) is 4.29. The fourth-order valence-electron chi connectivity index (χ4n) is 8.33. The van der Waals surface area contributed by atoms with Crippen molar-refractivity contribution in [1.82, 2.24) is 4.90 Å². The van der Waals surface area contributed by atoms with Crippen molar-refractivity contribution < 1.29 is 49.0 Å². The molecular formula is C44H38F9N5O2. The van der Waals surface area contributed by atoms with Crippen molar-refractivity contribution in [1.29, 1.82) is 0 Å². The molecule has 0 N–H and O–H groups in total. The molecule has 4 aliphatic heterocycles. The van der Waals surface area contributed by atoms with E-state index in [9.17, 15) is 44.3 Å². The third-order valence-corrected chi connectivity index (χ3v) is 11.0. The predicted molar refractivity (Wildman–Crippen MR) is 210 cm³/mol. The second-order valence-corrected chi connectivity index (χ2v) is 15.1. The van der Waals surface area contributed by atoms with Gasteiger partial charge in [0.15, 0.2) is 0 Å². The number of alkyl halides is 9. The number of aliphatic imine (C=N–C) groups is 3. The maximum absolute atomic E-state index is 14.8. The van der Waals surface area contributed by atoms with Crippen LogP contribution in [0.4, 0.5) is 45.2 Å². The number of nitrogens with zero attached hydrogens (tertiary/aromatic N) is 5. The lowest BCUT2D eigenvalue weighted by molar-refractivity contribution is -0.143. The summed E-state index contributed by atoms with van der Waals surface area (Å²) in [5, 5.41) is 0. The molecular weight excluding hydrogens is 801 g/mol. The van der Waals surface area contributed by atoms with Crippen molar-refractivity contribution in [2.24, 2.45) is 15.0 Å². The first-order chi connectivity index (χ1) is 28.2. The molecule has 0 bridgehead atoms. The van der Waals surface area contributed by atoms with Gasteiger partial charge < -0.3 is 14.5 Å². The zero-order valence-electron chi connectivity index (χ0n) is 32.7. The van der Waals surface area contributed by atoms with E-state index in [-0.39, 0.29) is 59.4 Å². The van der Waals surface area contributed by atoms with Crippen LogP contribution in [0.15, 0.2) is 111 Å². The van der Waals surface area contributed by atoms with Crippen LogP contribution >= 0.6 is 0 Å². The van der Waals surface area contributed by atoms with E-state index in [4.69, 9.17) is 9.73 Å². The van der Waals surface area contributed by atoms with Gasteiger partial charge >= 0.3 is 24.5 Å². The summed E-state index contributed by atoms with van der Waals surface area (Å²) in [7, 11) is 1.24. The highest BCUT2D eigenvalue weighted by molar-refractivity contribution is 6.16. The van der Waals surface area contributed by atoms with E-state index in [1.807, 2.05) is 0 Å². The lowest BCUT2D eigenvalue weighted by atomic mass is 9.90. The summed E-state index contributed by atoms with van der Waals surface area (Å²) in [6, 6.07) is 8.30. The Bertz CT molecular complexity index is 2390. The lowest BCUT2D eigenvalue weighted by Gasteiger charge is -2.36. The Morgan fingerprint density at radius 2 is 1.58 bits per heavy atom. The van der Waals surface area contributed by atoms with Gasteiger partial charge in [-0.15, -0.1) is 0 Å². The number of halogens is 9. The van der Waals surface area contributed by atoms with Crippen LogP contribution in [0.2, 0.25) is 0 Å². The summed E-state index contributed by atoms with van der Waals surface area (Å²) in [5.74, 6) is -0.382. The molecule has 0 amide bonds. The molecule has 3 aromatic carbocycles. The van der Waals surface area contributed by atoms with Gasteiger partial charge in [-0.1, -0.05) is 18.2 Å². The largest absolute Gasteiger partial charge is 0.465 e. The van der Waals surface area contributed by atoms with Crippen LogP contribution in [0.1, 0.15) is 80.7 Å². The molecule has 16 heteroatoms. The van der Waals surface area contributed by atoms with E-state index in [0.29, 0.717) is 46.7 Å². The number of carbonyl (C=O) groups excluding carboxylic acids is 1. The molecule has 7 nitrogen and oxygen atoms in total. The molecule has 4 aliphatic rings. The van der Waals surface area contributed by atoms with Crippen LogP contribution < -0.4 is 4.90 Å². The Kier molecular flexibility index (Phi) is 11.0. The van der Waals surface area contributed by atoms with E-state index >= 15 is 0 Å². The fourth-order valence-corrected chi connectivity index (χ4v) is 8.33. The minimum Gasteiger partial charge on any atom is -0.465 e. The second kappa shape index (κ2) is 15.6. The highest BCUT2D eigenvalue weighted by atomic mass is 19.4. The molecule has 0 spiro atoms. The molecule has 60 heavy (non-hydrogen) atoms. The number of esters is 1. The molecule has 1 unspecified atom stereocenters. The highest BCUT2D eigenvalue weighted by Gasteiger charge is 2.42. The maximum atomic E-state index is 14.8. The van der Waals surface area contributed by atoms with Crippen LogP contribution in [0.5, 0.6) is 0 Å². The maximum Gasteiger partial charge on any atom is 0.416 e. The van der Waals surface area contributed by atoms with Crippen LogP contribution in [-0.2, 0) is 36.4 Å². The van der Waals surface area contributed by atoms with Crippen LogP contribution in [0.25, 0.3) is 0 Å². The van der Waals surface area contributed by atoms with Gasteiger partial charge in [0.05, 0.1) is 46.8 Å². The first-order valence-corrected chi connectivity index (χ1v) is 18.9. The Labute approximate surface area is 339 Å². The molecule has 0 aliphatic carbocycles. The van der Waals surface area contributed by atoms with Crippen molar-refractivity contribution in [3.63, 3.8) is 0 Å². The number of carbonyl (C=O) groups is 1. The Hall–Kier alpha value is -5.93. The van der Waals surface area contributed by atoms with Crippen molar-refractivity contribution in [2.45, 2.75) is 76.8 Å². The summed E-state index contributed by atoms with van der Waals surface area (Å²) in [4.78, 5) is 29.5. The Morgan fingerprint density at radius 1 is 0.900 bits per heavy atom. The number of ether oxygens (including phenoxy) is 1. The molecule has 0 aromatic heterocycles. The van der Waals surface area contributed by atoms with Gasteiger partial charge in [0.1, 0.15) is 11.4 Å². The normalized spacial score (nSPS) is 21.4. The number of rotatable bonds is 7. The molecule has 4 heterocycles. The molecule has 0 radical (unpaired) electrons. The quantitative estimate of drug-likeness (QED) is 0.176. The first kappa shape index (κ1) is 42.2. The van der Waals surface area contributed by atoms with Crippen molar-refractivity contribution >= 4 is 29.4 Å². The lowest BCUT2D eigenvalue weighted by Crippen LogP contribution is -2.36. The highest BCUT2D eigenvalue weighted by Crippen LogP contribution is 2.47. The van der Waals surface area contributed by atoms with Gasteiger partial charge in [-0.3, -0.25) is 15.0 Å². The number of methoxy groups -OCH3 is 1. The van der Waals surface area contributed by atoms with Gasteiger partial charge in [-0.25, -0.2) is 4.79 Å². The van der Waals surface area contributed by atoms with Crippen molar-refractivity contribution in [3.05, 3.63) is 146 Å². The number of anilines is 1. The third-order valence-electron chi connectivity index (χ3n) is 11.0. The van der Waals surface area contributed by atoms with E-state index < -0.39 is 59.3 Å². The number of hydrogen-bond acceptors (Lipinski definition) is 7. The minimum absolute atomic E-state index is 0.0556. The van der Waals surface area contributed by atoms with Gasteiger partial charge in [0, 0.05) is 43.3 Å². The number of aryl methyl sites for hydroxylation is 1. The monoisotopic (exact) mass is 839 g/mol. The molecule has 0 saturated carbocycles. The molecule has 2 atom stereocenters. The van der Waals surface area contributed by atoms with Crippen molar-refractivity contribution in [2.75, 3.05) is 18.6 Å². The topological polar surface area (TPSA) is 69.9 Å². The van der Waals surface area contributed by atoms with E-state index in [1.165, 1.54) is 27.0 Å². The molecule has 0 fully saturated rings. The third kappa shape index (κ3) is 8.28. The molecule has 314 valence electrons. The smallest absolute Gasteiger partial charge is 0.416 e. The number of benzene rings is 3. The second-order valence-electron chi connectivity index (χ2n) is 15.1. The number of allylic oxidation sites excluding steroid dienone is 3. The molecule has 7 rings (SSSR count).